The molecular weight excluding hydrogens is 255 g/mol. The zero-order valence-electron chi connectivity index (χ0n) is 12.1. The van der Waals surface area contributed by atoms with E-state index in [9.17, 15) is 9.18 Å². The minimum absolute atomic E-state index is 0.185. The van der Waals surface area contributed by atoms with Crippen LogP contribution < -0.4 is 5.32 Å². The lowest BCUT2D eigenvalue weighted by atomic mass is 9.91. The number of hydrogen-bond acceptors (Lipinski definition) is 2. The van der Waals surface area contributed by atoms with Crippen LogP contribution in [0.3, 0.4) is 0 Å². The van der Waals surface area contributed by atoms with Crippen molar-refractivity contribution in [2.75, 3.05) is 26.7 Å². The van der Waals surface area contributed by atoms with Crippen molar-refractivity contribution in [3.05, 3.63) is 35.6 Å². The van der Waals surface area contributed by atoms with E-state index in [-0.39, 0.29) is 11.7 Å². The van der Waals surface area contributed by atoms with Gasteiger partial charge in [-0.3, -0.25) is 4.79 Å². The molecule has 1 aromatic rings. The van der Waals surface area contributed by atoms with Gasteiger partial charge < -0.3 is 10.2 Å². The Morgan fingerprint density at radius 3 is 2.85 bits per heavy atom. The third-order valence-electron chi connectivity index (χ3n) is 3.95. The molecule has 1 fully saturated rings. The Morgan fingerprint density at radius 1 is 1.40 bits per heavy atom. The van der Waals surface area contributed by atoms with Gasteiger partial charge in [0.1, 0.15) is 5.82 Å². The average molecular weight is 278 g/mol. The Labute approximate surface area is 120 Å². The van der Waals surface area contributed by atoms with Crippen LogP contribution in [0.5, 0.6) is 0 Å². The molecule has 1 aromatic carbocycles. The number of nitrogens with one attached hydrogen (secondary N) is 1. The third kappa shape index (κ3) is 4.30. The van der Waals surface area contributed by atoms with Crippen molar-refractivity contribution in [3.63, 3.8) is 0 Å². The molecule has 0 saturated carbocycles. The quantitative estimate of drug-likeness (QED) is 0.895. The zero-order chi connectivity index (χ0) is 14.4. The summed E-state index contributed by atoms with van der Waals surface area (Å²) in [5.41, 5.74) is 1.17. The number of benzene rings is 1. The molecule has 1 unspecified atom stereocenters. The maximum atomic E-state index is 12.8. The largest absolute Gasteiger partial charge is 0.341 e. The monoisotopic (exact) mass is 278 g/mol. The number of aryl methyl sites for hydroxylation is 1. The van der Waals surface area contributed by atoms with Crippen LogP contribution in [0.4, 0.5) is 4.39 Å². The second kappa shape index (κ2) is 7.39. The fourth-order valence-corrected chi connectivity index (χ4v) is 2.81. The van der Waals surface area contributed by atoms with E-state index in [1.165, 1.54) is 24.1 Å². The van der Waals surface area contributed by atoms with Gasteiger partial charge in [0, 0.05) is 13.1 Å². The molecule has 2 rings (SSSR count). The van der Waals surface area contributed by atoms with Crippen LogP contribution in [0.15, 0.2) is 24.3 Å². The van der Waals surface area contributed by atoms with Crippen LogP contribution in [0.1, 0.15) is 24.8 Å². The fourth-order valence-electron chi connectivity index (χ4n) is 2.81. The number of likely N-dealkylation sites (N-methyl/N-ethyl adjacent to an activating group) is 1. The minimum Gasteiger partial charge on any atom is -0.341 e. The van der Waals surface area contributed by atoms with Crippen molar-refractivity contribution in [2.24, 2.45) is 5.92 Å². The number of rotatable bonds is 5. The van der Waals surface area contributed by atoms with Gasteiger partial charge in [-0.15, -0.1) is 0 Å². The summed E-state index contributed by atoms with van der Waals surface area (Å²) in [6.07, 6.45) is 4.29. The van der Waals surface area contributed by atoms with Gasteiger partial charge in [-0.05, 0) is 56.3 Å². The molecule has 1 heterocycles. The molecule has 1 saturated heterocycles. The number of piperidine rings is 1. The molecule has 0 radical (unpaired) electrons. The summed E-state index contributed by atoms with van der Waals surface area (Å²) < 4.78 is 12.8. The van der Waals surface area contributed by atoms with E-state index in [4.69, 9.17) is 0 Å². The molecule has 1 aliphatic rings. The summed E-state index contributed by atoms with van der Waals surface area (Å²) in [4.78, 5) is 13.8. The molecule has 0 aliphatic carbocycles. The normalized spacial score (nSPS) is 19.1. The number of likely N-dealkylation sites (tertiary alicyclic amines) is 1. The highest BCUT2D eigenvalue weighted by molar-refractivity contribution is 5.78. The van der Waals surface area contributed by atoms with Gasteiger partial charge >= 0.3 is 0 Å². The van der Waals surface area contributed by atoms with E-state index in [1.54, 1.807) is 7.05 Å². The van der Waals surface area contributed by atoms with Crippen LogP contribution in [-0.2, 0) is 11.2 Å². The summed E-state index contributed by atoms with van der Waals surface area (Å²) in [6.45, 7) is 2.17. The van der Waals surface area contributed by atoms with Gasteiger partial charge in [-0.25, -0.2) is 4.39 Å². The number of carbonyl (C=O) groups excluding carboxylic acids is 1. The van der Waals surface area contributed by atoms with Crippen LogP contribution in [-0.4, -0.2) is 37.5 Å². The highest BCUT2D eigenvalue weighted by atomic mass is 19.1. The molecule has 1 amide bonds. The lowest BCUT2D eigenvalue weighted by molar-refractivity contribution is -0.131. The first-order chi connectivity index (χ1) is 9.69. The predicted molar refractivity (Wildman–Crippen MR) is 78.0 cm³/mol. The second-order valence-electron chi connectivity index (χ2n) is 5.54. The molecule has 1 N–H and O–H groups in total. The van der Waals surface area contributed by atoms with Gasteiger partial charge in [-0.1, -0.05) is 12.1 Å². The SMILES string of the molecule is CNCC(=O)N1CCCC(CCc2ccc(F)cc2)C1. The Morgan fingerprint density at radius 2 is 2.15 bits per heavy atom. The van der Waals surface area contributed by atoms with E-state index in [2.05, 4.69) is 5.32 Å². The highest BCUT2D eigenvalue weighted by Gasteiger charge is 2.22. The van der Waals surface area contributed by atoms with Crippen LogP contribution in [0.2, 0.25) is 0 Å². The Balaban J connectivity index is 1.80. The molecule has 110 valence electrons. The van der Waals surface area contributed by atoms with Crippen molar-refractivity contribution in [1.29, 1.82) is 0 Å². The number of hydrogen-bond donors (Lipinski definition) is 1. The Hall–Kier alpha value is -1.42. The topological polar surface area (TPSA) is 32.3 Å². The van der Waals surface area contributed by atoms with Crippen molar-refractivity contribution < 1.29 is 9.18 Å². The van der Waals surface area contributed by atoms with Gasteiger partial charge in [-0.2, -0.15) is 0 Å². The maximum Gasteiger partial charge on any atom is 0.236 e. The molecule has 1 atom stereocenters. The lowest BCUT2D eigenvalue weighted by Crippen LogP contribution is -2.43. The van der Waals surface area contributed by atoms with E-state index in [1.807, 2.05) is 17.0 Å². The smallest absolute Gasteiger partial charge is 0.236 e. The van der Waals surface area contributed by atoms with Crippen molar-refractivity contribution in [2.45, 2.75) is 25.7 Å². The molecular formula is C16H23FN2O. The summed E-state index contributed by atoms with van der Waals surface area (Å²) in [7, 11) is 1.80. The zero-order valence-corrected chi connectivity index (χ0v) is 12.1. The summed E-state index contributed by atoms with van der Waals surface area (Å²) in [5.74, 6) is 0.573. The standard InChI is InChI=1S/C16H23FN2O/c1-18-11-16(20)19-10-2-3-14(12-19)5-4-13-6-8-15(17)9-7-13/h6-9,14,18H,2-5,10-12H2,1H3. The molecule has 3 nitrogen and oxygen atoms in total. The van der Waals surface area contributed by atoms with Crippen molar-refractivity contribution in [3.8, 4) is 0 Å². The van der Waals surface area contributed by atoms with Gasteiger partial charge in [0.05, 0.1) is 6.54 Å². The second-order valence-corrected chi connectivity index (χ2v) is 5.54. The van der Waals surface area contributed by atoms with Crippen molar-refractivity contribution in [1.82, 2.24) is 10.2 Å². The lowest BCUT2D eigenvalue weighted by Gasteiger charge is -2.33. The number of halogens is 1. The molecule has 1 aliphatic heterocycles. The average Bonchev–Trinajstić information content (AvgIpc) is 2.47. The highest BCUT2D eigenvalue weighted by Crippen LogP contribution is 2.21. The first-order valence-electron chi connectivity index (χ1n) is 7.36. The third-order valence-corrected chi connectivity index (χ3v) is 3.95. The molecule has 0 aromatic heterocycles. The first kappa shape index (κ1) is 15.0. The molecule has 0 bridgehead atoms. The molecule has 20 heavy (non-hydrogen) atoms. The summed E-state index contributed by atoms with van der Waals surface area (Å²) >= 11 is 0. The van der Waals surface area contributed by atoms with Crippen LogP contribution >= 0.6 is 0 Å². The van der Waals surface area contributed by atoms with E-state index in [0.29, 0.717) is 12.5 Å². The van der Waals surface area contributed by atoms with Gasteiger partial charge in [0.2, 0.25) is 5.91 Å². The molecule has 0 spiro atoms. The van der Waals surface area contributed by atoms with Crippen molar-refractivity contribution >= 4 is 5.91 Å². The Kier molecular flexibility index (Phi) is 5.53. The first-order valence-corrected chi connectivity index (χ1v) is 7.36. The fraction of sp³-hybridized carbons (Fsp3) is 0.562. The predicted octanol–water partition coefficient (Wildman–Crippen LogP) is 2.22. The van der Waals surface area contributed by atoms with E-state index < -0.39 is 0 Å². The van der Waals surface area contributed by atoms with E-state index in [0.717, 1.165) is 32.4 Å². The summed E-state index contributed by atoms with van der Waals surface area (Å²) in [6, 6.07) is 6.72. The van der Waals surface area contributed by atoms with Crippen LogP contribution in [0.25, 0.3) is 0 Å². The summed E-state index contributed by atoms with van der Waals surface area (Å²) in [5, 5.41) is 2.92. The number of amides is 1. The minimum atomic E-state index is -0.185. The molecule has 4 heteroatoms. The van der Waals surface area contributed by atoms with Gasteiger partial charge in [0.15, 0.2) is 0 Å². The van der Waals surface area contributed by atoms with Gasteiger partial charge in [0.25, 0.3) is 0 Å². The Bertz CT molecular complexity index is 433. The number of carbonyl (C=O) groups is 1. The maximum absolute atomic E-state index is 12.8. The van der Waals surface area contributed by atoms with E-state index >= 15 is 0 Å². The van der Waals surface area contributed by atoms with Crippen LogP contribution in [0, 0.1) is 11.7 Å². The number of nitrogens with zero attached hydrogens (tertiary/aromatic N) is 1.